The Kier molecular flexibility index (Phi) is 5.03. The highest BCUT2D eigenvalue weighted by Gasteiger charge is 2.40. The highest BCUT2D eigenvalue weighted by molar-refractivity contribution is 7.89. The summed E-state index contributed by atoms with van der Waals surface area (Å²) in [4.78, 5) is 0.252. The molecule has 1 aliphatic rings. The van der Waals surface area contributed by atoms with Gasteiger partial charge in [0, 0.05) is 19.3 Å². The van der Waals surface area contributed by atoms with E-state index in [1.807, 2.05) is 20.9 Å². The van der Waals surface area contributed by atoms with Crippen LogP contribution in [0.3, 0.4) is 0 Å². The quantitative estimate of drug-likeness (QED) is 0.764. The molecule has 0 saturated carbocycles. The van der Waals surface area contributed by atoms with Gasteiger partial charge in [0.2, 0.25) is 10.0 Å². The van der Waals surface area contributed by atoms with Gasteiger partial charge in [-0.3, -0.25) is 4.68 Å². The number of nitrogens with one attached hydrogen (secondary N) is 1. The molecule has 0 aliphatic carbocycles. The van der Waals surface area contributed by atoms with Gasteiger partial charge < -0.3 is 10.1 Å². The van der Waals surface area contributed by atoms with Crippen molar-refractivity contribution in [3.05, 3.63) is 12.4 Å². The second-order valence-electron chi connectivity index (χ2n) is 5.84. The lowest BCUT2D eigenvalue weighted by Gasteiger charge is -2.40. The zero-order chi connectivity index (χ0) is 15.5. The van der Waals surface area contributed by atoms with Crippen LogP contribution in [-0.2, 0) is 21.3 Å². The second kappa shape index (κ2) is 6.43. The first-order valence-corrected chi connectivity index (χ1v) is 8.59. The van der Waals surface area contributed by atoms with E-state index >= 15 is 0 Å². The van der Waals surface area contributed by atoms with Crippen molar-refractivity contribution in [3.8, 4) is 0 Å². The number of aromatic nitrogens is 2. The molecule has 2 heterocycles. The van der Waals surface area contributed by atoms with Gasteiger partial charge in [0.05, 0.1) is 24.9 Å². The molecule has 120 valence electrons. The van der Waals surface area contributed by atoms with Crippen molar-refractivity contribution in [2.45, 2.75) is 37.2 Å². The minimum atomic E-state index is -3.53. The Morgan fingerprint density at radius 1 is 1.48 bits per heavy atom. The fourth-order valence-corrected chi connectivity index (χ4v) is 4.14. The Balaban J connectivity index is 2.15. The van der Waals surface area contributed by atoms with Crippen LogP contribution in [0.2, 0.25) is 0 Å². The SMILES string of the molecule is CNCCCn1cc(S(=O)(=O)N2CCOCC2(C)C)cn1. The van der Waals surface area contributed by atoms with Crippen LogP contribution in [0.5, 0.6) is 0 Å². The molecule has 0 atom stereocenters. The summed E-state index contributed by atoms with van der Waals surface area (Å²) < 4.78 is 34.1. The summed E-state index contributed by atoms with van der Waals surface area (Å²) in [6, 6.07) is 0. The number of morpholine rings is 1. The number of hydrogen-bond acceptors (Lipinski definition) is 5. The number of hydrogen-bond donors (Lipinski definition) is 1. The predicted molar refractivity (Wildman–Crippen MR) is 79.6 cm³/mol. The third kappa shape index (κ3) is 3.63. The number of ether oxygens (including phenoxy) is 1. The van der Waals surface area contributed by atoms with Crippen LogP contribution < -0.4 is 5.32 Å². The normalized spacial score (nSPS) is 19.8. The van der Waals surface area contributed by atoms with Gasteiger partial charge in [-0.05, 0) is 33.9 Å². The molecule has 0 unspecified atom stereocenters. The van der Waals surface area contributed by atoms with Gasteiger partial charge in [-0.2, -0.15) is 9.40 Å². The Morgan fingerprint density at radius 3 is 2.90 bits per heavy atom. The molecule has 1 aromatic rings. The van der Waals surface area contributed by atoms with E-state index in [-0.39, 0.29) is 4.90 Å². The van der Waals surface area contributed by atoms with E-state index in [4.69, 9.17) is 4.74 Å². The third-order valence-electron chi connectivity index (χ3n) is 3.58. The summed E-state index contributed by atoms with van der Waals surface area (Å²) >= 11 is 0. The van der Waals surface area contributed by atoms with Crippen molar-refractivity contribution in [1.82, 2.24) is 19.4 Å². The molecular formula is C13H24N4O3S. The van der Waals surface area contributed by atoms with Crippen LogP contribution >= 0.6 is 0 Å². The standard InChI is InChI=1S/C13H24N4O3S/c1-13(2)11-20-8-7-17(13)21(18,19)12-9-15-16(10-12)6-4-5-14-3/h9-10,14H,4-8,11H2,1-3H3. The second-order valence-corrected chi connectivity index (χ2v) is 7.70. The number of rotatable bonds is 6. The fourth-order valence-electron chi connectivity index (χ4n) is 2.43. The Labute approximate surface area is 126 Å². The lowest BCUT2D eigenvalue weighted by molar-refractivity contribution is -0.00771. The molecule has 1 aromatic heterocycles. The monoisotopic (exact) mass is 316 g/mol. The van der Waals surface area contributed by atoms with Gasteiger partial charge in [-0.15, -0.1) is 0 Å². The molecule has 8 heteroatoms. The lowest BCUT2D eigenvalue weighted by Crippen LogP contribution is -2.55. The molecule has 1 fully saturated rings. The van der Waals surface area contributed by atoms with E-state index in [1.165, 1.54) is 10.5 Å². The first-order chi connectivity index (χ1) is 9.88. The van der Waals surface area contributed by atoms with E-state index in [9.17, 15) is 8.42 Å². The Bertz CT molecular complexity index is 568. The summed E-state index contributed by atoms with van der Waals surface area (Å²) in [5, 5.41) is 7.20. The molecule has 7 nitrogen and oxygen atoms in total. The molecule has 0 amide bonds. The molecule has 0 spiro atoms. The summed E-state index contributed by atoms with van der Waals surface area (Å²) in [7, 11) is -1.64. The maximum Gasteiger partial charge on any atom is 0.246 e. The average Bonchev–Trinajstić information content (AvgIpc) is 2.88. The summed E-state index contributed by atoms with van der Waals surface area (Å²) in [5.74, 6) is 0. The number of nitrogens with zero attached hydrogens (tertiary/aromatic N) is 3. The van der Waals surface area contributed by atoms with Gasteiger partial charge in [-0.1, -0.05) is 0 Å². The lowest BCUT2D eigenvalue weighted by atomic mass is 10.1. The van der Waals surface area contributed by atoms with Crippen molar-refractivity contribution >= 4 is 10.0 Å². The smallest absolute Gasteiger partial charge is 0.246 e. The molecular weight excluding hydrogens is 292 g/mol. The molecule has 0 radical (unpaired) electrons. The minimum Gasteiger partial charge on any atom is -0.378 e. The summed E-state index contributed by atoms with van der Waals surface area (Å²) in [6.45, 7) is 6.53. The van der Waals surface area contributed by atoms with Crippen molar-refractivity contribution < 1.29 is 13.2 Å². The molecule has 1 saturated heterocycles. The van der Waals surface area contributed by atoms with Crippen LogP contribution in [0.25, 0.3) is 0 Å². The average molecular weight is 316 g/mol. The van der Waals surface area contributed by atoms with Crippen LogP contribution in [0.15, 0.2) is 17.3 Å². The summed E-state index contributed by atoms with van der Waals surface area (Å²) in [5.41, 5.74) is -0.536. The fraction of sp³-hybridized carbons (Fsp3) is 0.769. The Hall–Kier alpha value is -0.960. The van der Waals surface area contributed by atoms with Crippen molar-refractivity contribution in [2.24, 2.45) is 0 Å². The van der Waals surface area contributed by atoms with E-state index in [0.717, 1.165) is 13.0 Å². The third-order valence-corrected chi connectivity index (χ3v) is 5.64. The molecule has 21 heavy (non-hydrogen) atoms. The van der Waals surface area contributed by atoms with E-state index in [1.54, 1.807) is 10.9 Å². The molecule has 1 N–H and O–H groups in total. The van der Waals surface area contributed by atoms with Gasteiger partial charge in [0.1, 0.15) is 4.90 Å². The van der Waals surface area contributed by atoms with Crippen LogP contribution in [0.1, 0.15) is 20.3 Å². The van der Waals surface area contributed by atoms with Gasteiger partial charge in [0.15, 0.2) is 0 Å². The highest BCUT2D eigenvalue weighted by Crippen LogP contribution is 2.27. The van der Waals surface area contributed by atoms with Gasteiger partial charge in [0.25, 0.3) is 0 Å². The van der Waals surface area contributed by atoms with E-state index in [2.05, 4.69) is 10.4 Å². The molecule has 0 aromatic carbocycles. The number of aryl methyl sites for hydroxylation is 1. The molecule has 2 rings (SSSR count). The van der Waals surface area contributed by atoms with Crippen LogP contribution in [0, 0.1) is 0 Å². The topological polar surface area (TPSA) is 76.5 Å². The van der Waals surface area contributed by atoms with Crippen molar-refractivity contribution in [3.63, 3.8) is 0 Å². The van der Waals surface area contributed by atoms with Gasteiger partial charge >= 0.3 is 0 Å². The maximum absolute atomic E-state index is 12.8. The van der Waals surface area contributed by atoms with E-state index in [0.29, 0.717) is 26.3 Å². The molecule has 1 aliphatic heterocycles. The summed E-state index contributed by atoms with van der Waals surface area (Å²) in [6.07, 6.45) is 3.94. The zero-order valence-electron chi connectivity index (χ0n) is 12.9. The maximum atomic E-state index is 12.8. The highest BCUT2D eigenvalue weighted by atomic mass is 32.2. The van der Waals surface area contributed by atoms with Gasteiger partial charge in [-0.25, -0.2) is 8.42 Å². The van der Waals surface area contributed by atoms with Crippen molar-refractivity contribution in [1.29, 1.82) is 0 Å². The first-order valence-electron chi connectivity index (χ1n) is 7.15. The van der Waals surface area contributed by atoms with Crippen LogP contribution in [-0.4, -0.2) is 61.4 Å². The van der Waals surface area contributed by atoms with E-state index < -0.39 is 15.6 Å². The predicted octanol–water partition coefficient (Wildman–Crippen LogP) is 0.292. The van der Waals surface area contributed by atoms with Crippen LogP contribution in [0.4, 0.5) is 0 Å². The minimum absolute atomic E-state index is 0.252. The first kappa shape index (κ1) is 16.4. The van der Waals surface area contributed by atoms with Crippen molar-refractivity contribution in [2.75, 3.05) is 33.4 Å². The zero-order valence-corrected chi connectivity index (χ0v) is 13.7. The number of sulfonamides is 1. The largest absolute Gasteiger partial charge is 0.378 e. The Morgan fingerprint density at radius 2 is 2.24 bits per heavy atom. The molecule has 0 bridgehead atoms.